The molecule has 1 aromatic rings. The van der Waals surface area contributed by atoms with Crippen molar-refractivity contribution in [2.75, 3.05) is 5.73 Å². The molecule has 0 saturated heterocycles. The standard InChI is InChI=1S/C7H6ClF2IN2/c8-2-4-6(11)3(7(9)10)1-5(12)13-4/h1,7H,2H2,(H2,12,13). The third-order valence-electron chi connectivity index (χ3n) is 1.44. The molecule has 13 heavy (non-hydrogen) atoms. The summed E-state index contributed by atoms with van der Waals surface area (Å²) in [6.07, 6.45) is -2.54. The topological polar surface area (TPSA) is 38.9 Å². The van der Waals surface area contributed by atoms with Crippen LogP contribution in [-0.2, 0) is 5.88 Å². The summed E-state index contributed by atoms with van der Waals surface area (Å²) < 4.78 is 25.2. The van der Waals surface area contributed by atoms with Gasteiger partial charge in [0.25, 0.3) is 6.43 Å². The highest BCUT2D eigenvalue weighted by atomic mass is 127. The number of hydrogen-bond acceptors (Lipinski definition) is 2. The molecule has 0 bridgehead atoms. The Balaban J connectivity index is 3.27. The minimum absolute atomic E-state index is 0.0753. The van der Waals surface area contributed by atoms with Gasteiger partial charge in [-0.2, -0.15) is 0 Å². The van der Waals surface area contributed by atoms with Gasteiger partial charge in [0.15, 0.2) is 0 Å². The van der Waals surface area contributed by atoms with E-state index in [0.717, 1.165) is 0 Å². The lowest BCUT2D eigenvalue weighted by Crippen LogP contribution is -2.02. The zero-order valence-electron chi connectivity index (χ0n) is 6.40. The molecule has 0 aromatic carbocycles. The molecule has 0 saturated carbocycles. The van der Waals surface area contributed by atoms with Crippen LogP contribution in [0.4, 0.5) is 14.6 Å². The fourth-order valence-corrected chi connectivity index (χ4v) is 2.00. The van der Waals surface area contributed by atoms with Crippen LogP contribution in [0, 0.1) is 3.57 Å². The van der Waals surface area contributed by atoms with E-state index in [0.29, 0.717) is 9.26 Å². The third kappa shape index (κ3) is 2.40. The van der Waals surface area contributed by atoms with E-state index in [4.69, 9.17) is 17.3 Å². The Morgan fingerprint density at radius 3 is 2.69 bits per heavy atom. The first-order valence-electron chi connectivity index (χ1n) is 3.35. The number of rotatable bonds is 2. The predicted octanol–water partition coefficient (Wildman–Crippen LogP) is 2.94. The molecule has 0 unspecified atom stereocenters. The fraction of sp³-hybridized carbons (Fsp3) is 0.286. The second kappa shape index (κ2) is 4.36. The highest BCUT2D eigenvalue weighted by Crippen LogP contribution is 2.28. The summed E-state index contributed by atoms with van der Waals surface area (Å²) in [6, 6.07) is 1.17. The molecule has 0 fully saturated rings. The van der Waals surface area contributed by atoms with E-state index in [1.165, 1.54) is 6.07 Å². The molecule has 0 radical (unpaired) electrons. The van der Waals surface area contributed by atoms with Crippen molar-refractivity contribution in [2.24, 2.45) is 0 Å². The number of nitrogens with two attached hydrogens (primary N) is 1. The number of hydrogen-bond donors (Lipinski definition) is 1. The first-order chi connectivity index (χ1) is 6.06. The quantitative estimate of drug-likeness (QED) is 0.672. The summed E-state index contributed by atoms with van der Waals surface area (Å²) in [4.78, 5) is 3.84. The molecule has 1 heterocycles. The highest BCUT2D eigenvalue weighted by molar-refractivity contribution is 14.1. The molecule has 0 spiro atoms. The van der Waals surface area contributed by atoms with E-state index in [-0.39, 0.29) is 17.3 Å². The van der Waals surface area contributed by atoms with Crippen LogP contribution in [0.1, 0.15) is 17.7 Å². The lowest BCUT2D eigenvalue weighted by atomic mass is 10.2. The summed E-state index contributed by atoms with van der Waals surface area (Å²) in [6.45, 7) is 0. The Morgan fingerprint density at radius 1 is 1.62 bits per heavy atom. The molecule has 2 N–H and O–H groups in total. The Labute approximate surface area is 92.6 Å². The summed E-state index contributed by atoms with van der Waals surface area (Å²) in [5.41, 5.74) is 5.63. The zero-order valence-corrected chi connectivity index (χ0v) is 9.31. The second-order valence-corrected chi connectivity index (χ2v) is 3.68. The average Bonchev–Trinajstić information content (AvgIpc) is 2.08. The number of nitrogens with zero attached hydrogens (tertiary/aromatic N) is 1. The Hall–Kier alpha value is -0.170. The predicted molar refractivity (Wildman–Crippen MR) is 55.9 cm³/mol. The van der Waals surface area contributed by atoms with E-state index >= 15 is 0 Å². The zero-order chi connectivity index (χ0) is 10.0. The molecule has 0 amide bonds. The Morgan fingerprint density at radius 2 is 2.23 bits per heavy atom. The highest BCUT2D eigenvalue weighted by Gasteiger charge is 2.15. The maximum Gasteiger partial charge on any atom is 0.265 e. The van der Waals surface area contributed by atoms with E-state index in [9.17, 15) is 8.78 Å². The monoisotopic (exact) mass is 318 g/mol. The summed E-state index contributed by atoms with van der Waals surface area (Å²) in [5.74, 6) is 0.162. The van der Waals surface area contributed by atoms with Gasteiger partial charge >= 0.3 is 0 Å². The SMILES string of the molecule is Nc1cc(C(F)F)c(I)c(CCl)n1. The minimum atomic E-state index is -2.54. The maximum atomic E-state index is 12.4. The molecule has 1 rings (SSSR count). The Kier molecular flexibility index (Phi) is 3.66. The van der Waals surface area contributed by atoms with Crippen LogP contribution in [0.2, 0.25) is 0 Å². The fourth-order valence-electron chi connectivity index (χ4n) is 0.874. The Bertz CT molecular complexity index is 320. The van der Waals surface area contributed by atoms with Crippen molar-refractivity contribution in [1.82, 2.24) is 4.98 Å². The van der Waals surface area contributed by atoms with Crippen LogP contribution < -0.4 is 5.73 Å². The van der Waals surface area contributed by atoms with Gasteiger partial charge in [0, 0.05) is 9.13 Å². The number of halogens is 4. The lowest BCUT2D eigenvalue weighted by molar-refractivity contribution is 0.150. The van der Waals surface area contributed by atoms with Crippen molar-refractivity contribution < 1.29 is 8.78 Å². The smallest absolute Gasteiger partial charge is 0.265 e. The molecule has 2 nitrogen and oxygen atoms in total. The third-order valence-corrected chi connectivity index (χ3v) is 2.93. The average molecular weight is 318 g/mol. The van der Waals surface area contributed by atoms with Gasteiger partial charge in [0.1, 0.15) is 5.82 Å². The largest absolute Gasteiger partial charge is 0.384 e. The van der Waals surface area contributed by atoms with Crippen LogP contribution in [0.15, 0.2) is 6.07 Å². The molecule has 0 aliphatic carbocycles. The van der Waals surface area contributed by atoms with Crippen LogP contribution in [0.25, 0.3) is 0 Å². The van der Waals surface area contributed by atoms with Gasteiger partial charge in [-0.1, -0.05) is 0 Å². The maximum absolute atomic E-state index is 12.4. The molecule has 0 aliphatic rings. The van der Waals surface area contributed by atoms with Gasteiger partial charge in [-0.3, -0.25) is 0 Å². The van der Waals surface area contributed by atoms with E-state index in [1.807, 2.05) is 0 Å². The molecule has 0 aliphatic heterocycles. The van der Waals surface area contributed by atoms with Crippen molar-refractivity contribution in [2.45, 2.75) is 12.3 Å². The number of nitrogen functional groups attached to an aromatic ring is 1. The normalized spacial score (nSPS) is 10.8. The van der Waals surface area contributed by atoms with Crippen molar-refractivity contribution >= 4 is 40.0 Å². The van der Waals surface area contributed by atoms with Gasteiger partial charge in [-0.25, -0.2) is 13.8 Å². The molecule has 0 atom stereocenters. The minimum Gasteiger partial charge on any atom is -0.384 e. The summed E-state index contributed by atoms with van der Waals surface area (Å²) >= 11 is 7.30. The first-order valence-corrected chi connectivity index (χ1v) is 4.96. The molecule has 72 valence electrons. The van der Waals surface area contributed by atoms with Crippen LogP contribution in [0.5, 0.6) is 0 Å². The van der Waals surface area contributed by atoms with Gasteiger partial charge in [0.2, 0.25) is 0 Å². The molecule has 1 aromatic heterocycles. The number of aromatic nitrogens is 1. The van der Waals surface area contributed by atoms with Gasteiger partial charge in [-0.15, -0.1) is 11.6 Å². The van der Waals surface area contributed by atoms with Crippen molar-refractivity contribution in [3.63, 3.8) is 0 Å². The van der Waals surface area contributed by atoms with E-state index < -0.39 is 6.43 Å². The van der Waals surface area contributed by atoms with E-state index in [1.54, 1.807) is 22.6 Å². The summed E-state index contributed by atoms with van der Waals surface area (Å²) in [5, 5.41) is 0. The van der Waals surface area contributed by atoms with Gasteiger partial charge in [-0.05, 0) is 28.7 Å². The van der Waals surface area contributed by atoms with Crippen molar-refractivity contribution in [1.29, 1.82) is 0 Å². The van der Waals surface area contributed by atoms with Gasteiger partial charge in [0.05, 0.1) is 11.6 Å². The number of pyridine rings is 1. The van der Waals surface area contributed by atoms with Gasteiger partial charge < -0.3 is 5.73 Å². The van der Waals surface area contributed by atoms with Crippen LogP contribution >= 0.6 is 34.2 Å². The first kappa shape index (κ1) is 10.9. The molecular weight excluding hydrogens is 312 g/mol. The molecular formula is C7H6ClF2IN2. The van der Waals surface area contributed by atoms with Crippen LogP contribution in [-0.4, -0.2) is 4.98 Å². The number of anilines is 1. The molecule has 6 heteroatoms. The van der Waals surface area contributed by atoms with E-state index in [2.05, 4.69) is 4.98 Å². The van der Waals surface area contributed by atoms with Crippen molar-refractivity contribution in [3.8, 4) is 0 Å². The van der Waals surface area contributed by atoms with Crippen molar-refractivity contribution in [3.05, 3.63) is 20.9 Å². The second-order valence-electron chi connectivity index (χ2n) is 2.33. The number of alkyl halides is 3. The van der Waals surface area contributed by atoms with Crippen LogP contribution in [0.3, 0.4) is 0 Å². The lowest BCUT2D eigenvalue weighted by Gasteiger charge is -2.07. The summed E-state index contributed by atoms with van der Waals surface area (Å²) in [7, 11) is 0.